The minimum Gasteiger partial charge on any atom is -0.482 e. The number of nitrogens with one attached hydrogen (secondary N) is 1. The second-order valence-electron chi connectivity index (χ2n) is 7.47. The van der Waals surface area contributed by atoms with Gasteiger partial charge in [0, 0.05) is 11.6 Å². The second kappa shape index (κ2) is 10.2. The first kappa shape index (κ1) is 22.4. The predicted octanol–water partition coefficient (Wildman–Crippen LogP) is 3.00. The van der Waals surface area contributed by atoms with Crippen LogP contribution in [0.3, 0.4) is 0 Å². The molecule has 0 fully saturated rings. The fraction of sp³-hybridized carbons (Fsp3) is 0.208. The highest BCUT2D eigenvalue weighted by Crippen LogP contribution is 2.31. The van der Waals surface area contributed by atoms with Gasteiger partial charge in [0.15, 0.2) is 6.61 Å². The van der Waals surface area contributed by atoms with Gasteiger partial charge in [-0.15, -0.1) is 0 Å². The van der Waals surface area contributed by atoms with Crippen molar-refractivity contribution in [3.8, 4) is 5.75 Å². The minimum absolute atomic E-state index is 0.148. The van der Waals surface area contributed by atoms with Crippen molar-refractivity contribution in [3.63, 3.8) is 0 Å². The molecule has 0 aliphatic carbocycles. The second-order valence-corrected chi connectivity index (χ2v) is 7.91. The van der Waals surface area contributed by atoms with Gasteiger partial charge in [-0.1, -0.05) is 35.9 Å². The molecule has 1 aliphatic rings. The van der Waals surface area contributed by atoms with E-state index in [0.717, 1.165) is 5.56 Å². The van der Waals surface area contributed by atoms with Crippen LogP contribution in [0.25, 0.3) is 0 Å². The summed E-state index contributed by atoms with van der Waals surface area (Å²) < 4.78 is 10.7. The number of rotatable bonds is 8. The van der Waals surface area contributed by atoms with E-state index in [1.165, 1.54) is 16.1 Å². The van der Waals surface area contributed by atoms with E-state index < -0.39 is 0 Å². The fourth-order valence-corrected chi connectivity index (χ4v) is 3.56. The molecule has 1 aromatic heterocycles. The maximum Gasteiger partial charge on any atom is 0.265 e. The Kier molecular flexibility index (Phi) is 6.95. The largest absolute Gasteiger partial charge is 0.482 e. The first-order chi connectivity index (χ1) is 16.0. The van der Waals surface area contributed by atoms with Crippen molar-refractivity contribution in [2.45, 2.75) is 13.1 Å². The molecule has 3 amide bonds. The zero-order valence-corrected chi connectivity index (χ0v) is 18.5. The summed E-state index contributed by atoms with van der Waals surface area (Å²) in [6, 6.07) is 17.5. The Balaban J connectivity index is 1.49. The molecule has 0 bridgehead atoms. The zero-order chi connectivity index (χ0) is 23.2. The van der Waals surface area contributed by atoms with E-state index in [4.69, 9.17) is 20.8 Å². The van der Waals surface area contributed by atoms with Crippen LogP contribution in [0.2, 0.25) is 5.02 Å². The van der Waals surface area contributed by atoms with E-state index in [1.807, 2.05) is 0 Å². The summed E-state index contributed by atoms with van der Waals surface area (Å²) in [7, 11) is 0. The summed E-state index contributed by atoms with van der Waals surface area (Å²) in [4.78, 5) is 41.1. The number of amides is 3. The van der Waals surface area contributed by atoms with Crippen molar-refractivity contribution in [1.29, 1.82) is 0 Å². The highest BCUT2D eigenvalue weighted by atomic mass is 35.5. The number of carbonyl (C=O) groups is 3. The van der Waals surface area contributed by atoms with Crippen LogP contribution in [0.4, 0.5) is 5.69 Å². The molecular weight excluding hydrogens is 446 g/mol. The smallest absolute Gasteiger partial charge is 0.265 e. The molecule has 1 N–H and O–H groups in total. The lowest BCUT2D eigenvalue weighted by molar-refractivity contribution is -0.136. The van der Waals surface area contributed by atoms with Gasteiger partial charge in [0.1, 0.15) is 18.1 Å². The van der Waals surface area contributed by atoms with Crippen LogP contribution in [-0.4, -0.2) is 42.3 Å². The van der Waals surface area contributed by atoms with Crippen molar-refractivity contribution >= 4 is 35.0 Å². The summed E-state index contributed by atoms with van der Waals surface area (Å²) in [6.07, 6.45) is 1.52. The third-order valence-electron chi connectivity index (χ3n) is 5.12. The molecule has 0 unspecified atom stereocenters. The van der Waals surface area contributed by atoms with Gasteiger partial charge in [-0.2, -0.15) is 0 Å². The summed E-state index contributed by atoms with van der Waals surface area (Å²) in [5.74, 6) is 0.0983. The molecule has 0 spiro atoms. The highest BCUT2D eigenvalue weighted by Gasteiger charge is 2.29. The van der Waals surface area contributed by atoms with E-state index in [-0.39, 0.29) is 50.5 Å². The van der Waals surface area contributed by atoms with E-state index in [0.29, 0.717) is 22.2 Å². The molecule has 1 aliphatic heterocycles. The number of hydrogen-bond donors (Lipinski definition) is 1. The summed E-state index contributed by atoms with van der Waals surface area (Å²) in [5, 5.41) is 3.32. The molecule has 170 valence electrons. The maximum absolute atomic E-state index is 13.3. The average molecular weight is 468 g/mol. The number of nitrogens with zero attached hydrogens (tertiary/aromatic N) is 2. The number of para-hydroxylation sites is 2. The van der Waals surface area contributed by atoms with Gasteiger partial charge < -0.3 is 19.4 Å². The van der Waals surface area contributed by atoms with Gasteiger partial charge in [-0.25, -0.2) is 0 Å². The monoisotopic (exact) mass is 467 g/mol. The lowest BCUT2D eigenvalue weighted by atomic mass is 10.2. The predicted molar refractivity (Wildman–Crippen MR) is 122 cm³/mol. The average Bonchev–Trinajstić information content (AvgIpc) is 3.34. The lowest BCUT2D eigenvalue weighted by Gasteiger charge is -2.31. The molecule has 3 aromatic rings. The Morgan fingerprint density at radius 2 is 1.85 bits per heavy atom. The molecule has 2 aromatic carbocycles. The molecule has 33 heavy (non-hydrogen) atoms. The van der Waals surface area contributed by atoms with Crippen LogP contribution in [0, 0.1) is 0 Å². The quantitative estimate of drug-likeness (QED) is 0.550. The number of benzene rings is 2. The van der Waals surface area contributed by atoms with Crippen LogP contribution in [0.15, 0.2) is 71.3 Å². The molecule has 0 radical (unpaired) electrons. The first-order valence-corrected chi connectivity index (χ1v) is 10.7. The molecular formula is C24H22ClN3O5. The molecule has 0 saturated carbocycles. The van der Waals surface area contributed by atoms with Crippen molar-refractivity contribution < 1.29 is 23.5 Å². The van der Waals surface area contributed by atoms with Gasteiger partial charge in [0.2, 0.25) is 11.8 Å². The Morgan fingerprint density at radius 1 is 1.06 bits per heavy atom. The Labute approximate surface area is 195 Å². The normalized spacial score (nSPS) is 12.6. The Morgan fingerprint density at radius 3 is 2.61 bits per heavy atom. The van der Waals surface area contributed by atoms with Gasteiger partial charge in [0.05, 0.1) is 25.0 Å². The van der Waals surface area contributed by atoms with Crippen molar-refractivity contribution in [3.05, 3.63) is 83.3 Å². The molecule has 2 heterocycles. The van der Waals surface area contributed by atoms with E-state index in [9.17, 15) is 14.4 Å². The van der Waals surface area contributed by atoms with Crippen molar-refractivity contribution in [2.75, 3.05) is 24.6 Å². The van der Waals surface area contributed by atoms with Crippen LogP contribution in [-0.2, 0) is 27.5 Å². The van der Waals surface area contributed by atoms with Crippen LogP contribution in [0.5, 0.6) is 5.75 Å². The zero-order valence-electron chi connectivity index (χ0n) is 17.7. The summed E-state index contributed by atoms with van der Waals surface area (Å²) in [6.45, 7) is -0.139. The van der Waals surface area contributed by atoms with Crippen LogP contribution >= 0.6 is 11.6 Å². The number of anilines is 1. The third kappa shape index (κ3) is 5.72. The molecule has 4 rings (SSSR count). The van der Waals surface area contributed by atoms with Gasteiger partial charge in [-0.3, -0.25) is 19.3 Å². The standard InChI is InChI=1S/C24H22ClN3O5/c25-18-9-7-17(8-10-18)13-27(14-22(29)26-12-19-4-3-11-32-19)23(30)15-28-20-5-1-2-6-21(20)33-16-24(28)31/h1-11H,12-16H2,(H,26,29). The molecule has 8 nitrogen and oxygen atoms in total. The van der Waals surface area contributed by atoms with E-state index >= 15 is 0 Å². The molecule has 0 atom stereocenters. The minimum atomic E-state index is -0.372. The maximum atomic E-state index is 13.3. The summed E-state index contributed by atoms with van der Waals surface area (Å²) >= 11 is 5.97. The number of halogens is 1. The number of hydrogen-bond acceptors (Lipinski definition) is 5. The summed E-state index contributed by atoms with van der Waals surface area (Å²) in [5.41, 5.74) is 1.33. The fourth-order valence-electron chi connectivity index (χ4n) is 3.43. The van der Waals surface area contributed by atoms with Crippen LogP contribution in [0.1, 0.15) is 11.3 Å². The number of fused-ring (bicyclic) bond motifs is 1. The van der Waals surface area contributed by atoms with Crippen molar-refractivity contribution in [1.82, 2.24) is 10.2 Å². The SMILES string of the molecule is O=C(CN(Cc1ccc(Cl)cc1)C(=O)CN1C(=O)COc2ccccc21)NCc1ccco1. The number of furan rings is 1. The Hall–Kier alpha value is -3.78. The number of carbonyl (C=O) groups excluding carboxylic acids is 3. The van der Waals surface area contributed by atoms with Crippen LogP contribution < -0.4 is 15.0 Å². The number of ether oxygens (including phenoxy) is 1. The van der Waals surface area contributed by atoms with Gasteiger partial charge in [0.25, 0.3) is 5.91 Å². The molecule has 0 saturated heterocycles. The van der Waals surface area contributed by atoms with Gasteiger partial charge >= 0.3 is 0 Å². The third-order valence-corrected chi connectivity index (χ3v) is 5.37. The molecule has 9 heteroatoms. The Bertz CT molecular complexity index is 1130. The van der Waals surface area contributed by atoms with Crippen molar-refractivity contribution in [2.24, 2.45) is 0 Å². The van der Waals surface area contributed by atoms with Gasteiger partial charge in [-0.05, 0) is 42.0 Å². The topological polar surface area (TPSA) is 92.1 Å². The lowest BCUT2D eigenvalue weighted by Crippen LogP contribution is -2.48. The van der Waals surface area contributed by atoms with E-state index in [1.54, 1.807) is 60.7 Å². The first-order valence-electron chi connectivity index (χ1n) is 10.3. The van der Waals surface area contributed by atoms with E-state index in [2.05, 4.69) is 5.32 Å². The highest BCUT2D eigenvalue weighted by molar-refractivity contribution is 6.30.